The van der Waals surface area contributed by atoms with Gasteiger partial charge in [0.05, 0.1) is 0 Å². The summed E-state index contributed by atoms with van der Waals surface area (Å²) in [4.78, 5) is 12.9. The van der Waals surface area contributed by atoms with Crippen molar-refractivity contribution in [1.82, 2.24) is 0 Å². The van der Waals surface area contributed by atoms with Gasteiger partial charge in [0.15, 0.2) is 0 Å². The summed E-state index contributed by atoms with van der Waals surface area (Å²) >= 11 is 0. The number of carboxylic acid groups (broad SMARTS) is 1. The van der Waals surface area contributed by atoms with Gasteiger partial charge in [-0.05, 0) is 38.5 Å². The zero-order valence-corrected chi connectivity index (χ0v) is 11.7. The molecule has 0 atom stereocenters. The molecular weight excluding hydrogens is 242 g/mol. The molecule has 0 aliphatic carbocycles. The number of aliphatic carboxylic acids is 1. The number of anilines is 1. The fourth-order valence-corrected chi connectivity index (χ4v) is 1.89. The molecule has 4 heteroatoms. The van der Waals surface area contributed by atoms with Gasteiger partial charge in [-0.3, -0.25) is 0 Å². The topological polar surface area (TPSA) is 60.8 Å². The Kier molecular flexibility index (Phi) is 5.42. The van der Waals surface area contributed by atoms with Crippen LogP contribution in [0.5, 0.6) is 5.75 Å². The van der Waals surface area contributed by atoms with Gasteiger partial charge in [-0.1, -0.05) is 6.92 Å². The number of phenols is 1. The number of nitrogens with zero attached hydrogens (tertiary/aromatic N) is 1. The monoisotopic (exact) mass is 263 g/mol. The van der Waals surface area contributed by atoms with Crippen LogP contribution in [0.25, 0.3) is 6.08 Å². The number of hydrogen-bond acceptors (Lipinski definition) is 3. The fraction of sp³-hybridized carbons (Fsp3) is 0.400. The van der Waals surface area contributed by atoms with Gasteiger partial charge < -0.3 is 15.1 Å². The Morgan fingerprint density at radius 1 is 1.37 bits per heavy atom. The highest BCUT2D eigenvalue weighted by Crippen LogP contribution is 2.26. The molecule has 0 spiro atoms. The molecule has 0 unspecified atom stereocenters. The zero-order valence-electron chi connectivity index (χ0n) is 11.7. The van der Waals surface area contributed by atoms with Crippen LogP contribution in [0.4, 0.5) is 5.69 Å². The van der Waals surface area contributed by atoms with Crippen molar-refractivity contribution in [1.29, 1.82) is 0 Å². The smallest absolute Gasteiger partial charge is 0.331 e. The second-order valence-corrected chi connectivity index (χ2v) is 4.46. The van der Waals surface area contributed by atoms with Gasteiger partial charge in [0.2, 0.25) is 0 Å². The molecule has 0 heterocycles. The van der Waals surface area contributed by atoms with Crippen molar-refractivity contribution in [2.24, 2.45) is 0 Å². The Bertz CT molecular complexity index is 480. The molecule has 0 aliphatic heterocycles. The summed E-state index contributed by atoms with van der Waals surface area (Å²) in [6.45, 7) is 7.48. The van der Waals surface area contributed by atoms with Gasteiger partial charge in [-0.15, -0.1) is 0 Å². The summed E-state index contributed by atoms with van der Waals surface area (Å²) in [6.07, 6.45) is 2.51. The fourth-order valence-electron chi connectivity index (χ4n) is 1.89. The number of benzene rings is 1. The highest BCUT2D eigenvalue weighted by atomic mass is 16.4. The maximum Gasteiger partial charge on any atom is 0.331 e. The minimum absolute atomic E-state index is 0.104. The van der Waals surface area contributed by atoms with Crippen LogP contribution in [0, 0.1) is 0 Å². The quantitative estimate of drug-likeness (QED) is 0.774. The van der Waals surface area contributed by atoms with Crippen LogP contribution in [0.15, 0.2) is 23.8 Å². The van der Waals surface area contributed by atoms with Crippen LogP contribution in [0.3, 0.4) is 0 Å². The predicted molar refractivity (Wildman–Crippen MR) is 77.6 cm³/mol. The van der Waals surface area contributed by atoms with Crippen LogP contribution in [-0.4, -0.2) is 29.3 Å². The first kappa shape index (κ1) is 15.1. The molecule has 0 aliphatic rings. The van der Waals surface area contributed by atoms with Gasteiger partial charge in [-0.25, -0.2) is 4.79 Å². The first-order chi connectivity index (χ1) is 8.99. The lowest BCUT2D eigenvalue weighted by Crippen LogP contribution is -2.23. The molecule has 104 valence electrons. The third-order valence-corrected chi connectivity index (χ3v) is 2.96. The molecule has 0 fully saturated rings. The lowest BCUT2D eigenvalue weighted by atomic mass is 10.1. The molecular formula is C15H21NO3. The minimum Gasteiger partial charge on any atom is -0.507 e. The largest absolute Gasteiger partial charge is 0.507 e. The Morgan fingerprint density at radius 3 is 2.53 bits per heavy atom. The first-order valence-corrected chi connectivity index (χ1v) is 6.49. The van der Waals surface area contributed by atoms with Crippen LogP contribution in [-0.2, 0) is 4.79 Å². The van der Waals surface area contributed by atoms with Crippen LogP contribution in [0.1, 0.15) is 32.8 Å². The summed E-state index contributed by atoms with van der Waals surface area (Å²) in [7, 11) is 0. The third-order valence-electron chi connectivity index (χ3n) is 2.96. The van der Waals surface area contributed by atoms with E-state index in [1.165, 1.54) is 13.0 Å². The molecule has 0 saturated carbocycles. The number of rotatable bonds is 6. The molecule has 0 bridgehead atoms. The van der Waals surface area contributed by atoms with Gasteiger partial charge in [-0.2, -0.15) is 0 Å². The van der Waals surface area contributed by atoms with E-state index in [1.54, 1.807) is 12.1 Å². The summed E-state index contributed by atoms with van der Waals surface area (Å²) in [5.74, 6) is -0.878. The Labute approximate surface area is 114 Å². The molecule has 1 aromatic rings. The highest BCUT2D eigenvalue weighted by Gasteiger charge is 2.08. The average molecular weight is 263 g/mol. The Balaban J connectivity index is 3.03. The van der Waals surface area contributed by atoms with E-state index in [0.29, 0.717) is 5.56 Å². The number of carbonyl (C=O) groups is 1. The van der Waals surface area contributed by atoms with Crippen LogP contribution in [0.2, 0.25) is 0 Å². The summed E-state index contributed by atoms with van der Waals surface area (Å²) in [5, 5.41) is 18.8. The van der Waals surface area contributed by atoms with Crippen molar-refractivity contribution in [3.05, 3.63) is 29.3 Å². The highest BCUT2D eigenvalue weighted by molar-refractivity contribution is 5.92. The third kappa shape index (κ3) is 4.02. The molecule has 1 aromatic carbocycles. The number of aromatic hydroxyl groups is 1. The average Bonchev–Trinajstić information content (AvgIpc) is 2.38. The van der Waals surface area contributed by atoms with Crippen molar-refractivity contribution in [3.63, 3.8) is 0 Å². The van der Waals surface area contributed by atoms with E-state index < -0.39 is 5.97 Å². The maximum atomic E-state index is 10.8. The van der Waals surface area contributed by atoms with Gasteiger partial charge in [0, 0.05) is 36.0 Å². The van der Waals surface area contributed by atoms with E-state index in [-0.39, 0.29) is 11.3 Å². The maximum absolute atomic E-state index is 10.8. The molecule has 0 saturated heterocycles. The lowest BCUT2D eigenvalue weighted by Gasteiger charge is -2.22. The molecule has 0 aromatic heterocycles. The molecule has 0 radical (unpaired) electrons. The Morgan fingerprint density at radius 2 is 2.05 bits per heavy atom. The van der Waals surface area contributed by atoms with E-state index in [9.17, 15) is 9.90 Å². The summed E-state index contributed by atoms with van der Waals surface area (Å²) < 4.78 is 0. The van der Waals surface area contributed by atoms with Crippen molar-refractivity contribution in [3.8, 4) is 5.75 Å². The number of phenolic OH excluding ortho intramolecular Hbond substituents is 1. The van der Waals surface area contributed by atoms with Crippen molar-refractivity contribution in [2.45, 2.75) is 27.2 Å². The van der Waals surface area contributed by atoms with Crippen molar-refractivity contribution >= 4 is 17.7 Å². The summed E-state index contributed by atoms with van der Waals surface area (Å²) in [5.41, 5.74) is 1.67. The predicted octanol–water partition coefficient (Wildman–Crippen LogP) is 3.12. The van der Waals surface area contributed by atoms with Gasteiger partial charge >= 0.3 is 5.97 Å². The van der Waals surface area contributed by atoms with Crippen molar-refractivity contribution < 1.29 is 15.0 Å². The molecule has 2 N–H and O–H groups in total. The lowest BCUT2D eigenvalue weighted by molar-refractivity contribution is -0.132. The minimum atomic E-state index is -0.982. The van der Waals surface area contributed by atoms with E-state index in [1.807, 2.05) is 6.07 Å². The van der Waals surface area contributed by atoms with Gasteiger partial charge in [0.25, 0.3) is 0 Å². The second kappa shape index (κ2) is 6.83. The molecule has 1 rings (SSSR count). The van der Waals surface area contributed by atoms with E-state index in [4.69, 9.17) is 5.11 Å². The van der Waals surface area contributed by atoms with E-state index >= 15 is 0 Å². The zero-order chi connectivity index (χ0) is 14.4. The first-order valence-electron chi connectivity index (χ1n) is 6.49. The molecule has 0 amide bonds. The standard InChI is InChI=1S/C15H21NO3/c1-4-8-16(5-2)13-7-6-12(14(17)10-13)9-11(3)15(18)19/h6-7,9-10,17H,4-5,8H2,1-3H3,(H,18,19)/b11-9+. The Hall–Kier alpha value is -1.97. The SMILES string of the molecule is CCCN(CC)c1ccc(/C=C(\C)C(=O)O)c(O)c1. The number of carboxylic acids is 1. The summed E-state index contributed by atoms with van der Waals surface area (Å²) in [6, 6.07) is 5.33. The molecule has 19 heavy (non-hydrogen) atoms. The van der Waals surface area contributed by atoms with Crippen LogP contribution < -0.4 is 4.90 Å². The molecule has 4 nitrogen and oxygen atoms in total. The van der Waals surface area contributed by atoms with E-state index in [2.05, 4.69) is 18.7 Å². The second-order valence-electron chi connectivity index (χ2n) is 4.46. The normalized spacial score (nSPS) is 11.4. The van der Waals surface area contributed by atoms with Crippen molar-refractivity contribution in [2.75, 3.05) is 18.0 Å². The van der Waals surface area contributed by atoms with E-state index in [0.717, 1.165) is 25.2 Å². The van der Waals surface area contributed by atoms with Gasteiger partial charge in [0.1, 0.15) is 5.75 Å². The van der Waals surface area contributed by atoms with Crippen LogP contribution >= 0.6 is 0 Å². The number of hydrogen-bond donors (Lipinski definition) is 2.